The number of carbonyl (C=O) groups is 1. The van der Waals surface area contributed by atoms with Crippen LogP contribution >= 0.6 is 27.3 Å². The van der Waals surface area contributed by atoms with Crippen molar-refractivity contribution in [3.63, 3.8) is 0 Å². The molecule has 2 aromatic carbocycles. The molecule has 3 heterocycles. The van der Waals surface area contributed by atoms with Crippen molar-refractivity contribution in [1.29, 1.82) is 0 Å². The van der Waals surface area contributed by atoms with Gasteiger partial charge in [0.1, 0.15) is 4.53 Å². The third-order valence-corrected chi connectivity index (χ3v) is 7.02. The summed E-state index contributed by atoms with van der Waals surface area (Å²) in [6, 6.07) is 13.7. The second-order valence-corrected chi connectivity index (χ2v) is 10.5. The summed E-state index contributed by atoms with van der Waals surface area (Å²) in [7, 11) is 1.71. The van der Waals surface area contributed by atoms with Gasteiger partial charge in [-0.25, -0.2) is 0 Å². The smallest absolute Gasteiger partial charge is 0.291 e. The SMILES string of the molecule is CN1C(=O)C(=c2sc3nc(-c4ccc(C(C)(C)C)cc4)nn3c2=O)c2cc(Br)ccc21. The summed E-state index contributed by atoms with van der Waals surface area (Å²) in [5.74, 6) is 0.297. The predicted octanol–water partition coefficient (Wildman–Crippen LogP) is 3.77. The third kappa shape index (κ3) is 3.13. The Morgan fingerprint density at radius 2 is 1.74 bits per heavy atom. The van der Waals surface area contributed by atoms with E-state index >= 15 is 0 Å². The highest BCUT2D eigenvalue weighted by Gasteiger charge is 2.32. The number of aromatic nitrogens is 3. The van der Waals surface area contributed by atoms with Crippen molar-refractivity contribution in [2.24, 2.45) is 0 Å². The molecule has 31 heavy (non-hydrogen) atoms. The van der Waals surface area contributed by atoms with Gasteiger partial charge < -0.3 is 4.90 Å². The van der Waals surface area contributed by atoms with E-state index < -0.39 is 0 Å². The first kappa shape index (κ1) is 20.1. The molecule has 0 fully saturated rings. The summed E-state index contributed by atoms with van der Waals surface area (Å²) >= 11 is 4.65. The number of carbonyl (C=O) groups excluding carboxylic acids is 1. The number of amides is 1. The first-order valence-electron chi connectivity index (χ1n) is 9.78. The fraction of sp³-hybridized carbons (Fsp3) is 0.217. The minimum absolute atomic E-state index is 0.0566. The molecule has 0 N–H and O–H groups in total. The lowest BCUT2D eigenvalue weighted by atomic mass is 9.87. The lowest BCUT2D eigenvalue weighted by Crippen LogP contribution is -2.30. The van der Waals surface area contributed by atoms with E-state index in [1.54, 1.807) is 11.9 Å². The highest BCUT2D eigenvalue weighted by molar-refractivity contribution is 9.10. The molecule has 0 bridgehead atoms. The van der Waals surface area contributed by atoms with Crippen LogP contribution in [0.1, 0.15) is 31.9 Å². The molecule has 0 unspecified atom stereocenters. The Hall–Kier alpha value is -2.84. The van der Waals surface area contributed by atoms with Crippen LogP contribution in [0, 0.1) is 0 Å². The number of rotatable bonds is 1. The van der Waals surface area contributed by atoms with E-state index in [1.165, 1.54) is 21.4 Å². The van der Waals surface area contributed by atoms with Crippen LogP contribution in [-0.2, 0) is 10.2 Å². The van der Waals surface area contributed by atoms with Crippen LogP contribution in [0.5, 0.6) is 0 Å². The Morgan fingerprint density at radius 3 is 2.39 bits per heavy atom. The van der Waals surface area contributed by atoms with Gasteiger partial charge in [0.05, 0.1) is 11.3 Å². The van der Waals surface area contributed by atoms with Crippen LogP contribution in [0.15, 0.2) is 51.7 Å². The molecule has 1 aliphatic heterocycles. The summed E-state index contributed by atoms with van der Waals surface area (Å²) in [6.07, 6.45) is 0. The number of hydrogen-bond acceptors (Lipinski definition) is 5. The summed E-state index contributed by atoms with van der Waals surface area (Å²) in [5, 5.41) is 4.44. The molecule has 5 rings (SSSR count). The van der Waals surface area contributed by atoms with Crippen LogP contribution in [-0.4, -0.2) is 27.6 Å². The normalized spacial score (nSPS) is 15.8. The van der Waals surface area contributed by atoms with E-state index in [0.717, 1.165) is 21.3 Å². The maximum atomic E-state index is 13.2. The first-order chi connectivity index (χ1) is 14.6. The van der Waals surface area contributed by atoms with Gasteiger partial charge in [-0.3, -0.25) is 9.59 Å². The third-order valence-electron chi connectivity index (χ3n) is 5.50. The number of fused-ring (bicyclic) bond motifs is 2. The molecule has 8 heteroatoms. The molecular weight excluding hydrogens is 476 g/mol. The highest BCUT2D eigenvalue weighted by Crippen LogP contribution is 2.36. The zero-order valence-electron chi connectivity index (χ0n) is 17.4. The zero-order chi connectivity index (χ0) is 22.1. The van der Waals surface area contributed by atoms with Gasteiger partial charge in [0.25, 0.3) is 11.5 Å². The standard InChI is InChI=1S/C23H19BrN4O2S/c1-23(2,3)13-7-5-12(6-8-13)19-25-22-28(26-19)21(30)18(31-22)17-15-11-14(24)9-10-16(15)27(4)20(17)29/h5-11H,1-4H3. The Kier molecular flexibility index (Phi) is 4.43. The fourth-order valence-electron chi connectivity index (χ4n) is 3.74. The van der Waals surface area contributed by atoms with Gasteiger partial charge in [0, 0.05) is 22.6 Å². The van der Waals surface area contributed by atoms with Gasteiger partial charge in [-0.15, -0.1) is 5.10 Å². The van der Waals surface area contributed by atoms with Gasteiger partial charge in [-0.2, -0.15) is 9.50 Å². The van der Waals surface area contributed by atoms with Crippen LogP contribution in [0.4, 0.5) is 5.69 Å². The Labute approximate surface area is 191 Å². The van der Waals surface area contributed by atoms with Crippen molar-refractivity contribution in [2.75, 3.05) is 11.9 Å². The molecular formula is C23H19BrN4O2S. The molecule has 0 aliphatic carbocycles. The van der Waals surface area contributed by atoms with E-state index in [9.17, 15) is 9.59 Å². The van der Waals surface area contributed by atoms with Crippen molar-refractivity contribution in [3.05, 3.63) is 73.0 Å². The van der Waals surface area contributed by atoms with E-state index in [-0.39, 0.29) is 16.9 Å². The topological polar surface area (TPSA) is 67.6 Å². The molecule has 6 nitrogen and oxygen atoms in total. The van der Waals surface area contributed by atoms with E-state index in [2.05, 4.69) is 58.9 Å². The van der Waals surface area contributed by atoms with Crippen molar-refractivity contribution >= 4 is 49.4 Å². The molecule has 2 aromatic heterocycles. The van der Waals surface area contributed by atoms with Crippen LogP contribution in [0.3, 0.4) is 0 Å². The van der Waals surface area contributed by atoms with Crippen molar-refractivity contribution in [1.82, 2.24) is 14.6 Å². The highest BCUT2D eigenvalue weighted by atomic mass is 79.9. The van der Waals surface area contributed by atoms with Gasteiger partial charge >= 0.3 is 0 Å². The van der Waals surface area contributed by atoms with Gasteiger partial charge in [-0.05, 0) is 29.2 Å². The lowest BCUT2D eigenvalue weighted by Gasteiger charge is -2.18. The van der Waals surface area contributed by atoms with Crippen LogP contribution in [0.2, 0.25) is 0 Å². The van der Waals surface area contributed by atoms with Crippen molar-refractivity contribution in [2.45, 2.75) is 26.2 Å². The average Bonchev–Trinajstić information content (AvgIpc) is 3.34. The van der Waals surface area contributed by atoms with Gasteiger partial charge in [0.15, 0.2) is 5.82 Å². The largest absolute Gasteiger partial charge is 0.311 e. The average molecular weight is 495 g/mol. The maximum Gasteiger partial charge on any atom is 0.291 e. The predicted molar refractivity (Wildman–Crippen MR) is 127 cm³/mol. The zero-order valence-corrected chi connectivity index (χ0v) is 19.8. The Morgan fingerprint density at radius 1 is 1.03 bits per heavy atom. The lowest BCUT2D eigenvalue weighted by molar-refractivity contribution is -0.112. The number of anilines is 1. The minimum atomic E-state index is -0.324. The number of hydrogen-bond donors (Lipinski definition) is 0. The summed E-state index contributed by atoms with van der Waals surface area (Å²) in [5.41, 5.74) is 3.72. The molecule has 1 amide bonds. The van der Waals surface area contributed by atoms with Crippen LogP contribution < -0.4 is 15.0 Å². The summed E-state index contributed by atoms with van der Waals surface area (Å²) < 4.78 is 2.50. The minimum Gasteiger partial charge on any atom is -0.311 e. The second kappa shape index (κ2) is 6.83. The Bertz CT molecular complexity index is 1480. The molecule has 0 saturated carbocycles. The maximum absolute atomic E-state index is 13.2. The summed E-state index contributed by atoms with van der Waals surface area (Å²) in [6.45, 7) is 6.48. The first-order valence-corrected chi connectivity index (χ1v) is 11.4. The molecule has 1 aliphatic rings. The molecule has 0 radical (unpaired) electrons. The van der Waals surface area contributed by atoms with Crippen molar-refractivity contribution in [3.8, 4) is 11.4 Å². The van der Waals surface area contributed by atoms with E-state index in [4.69, 9.17) is 0 Å². The van der Waals surface area contributed by atoms with E-state index in [1.807, 2.05) is 30.3 Å². The van der Waals surface area contributed by atoms with Crippen molar-refractivity contribution < 1.29 is 4.79 Å². The number of benzene rings is 2. The second-order valence-electron chi connectivity index (χ2n) is 8.59. The molecule has 4 aromatic rings. The monoisotopic (exact) mass is 494 g/mol. The summed E-state index contributed by atoms with van der Waals surface area (Å²) in [4.78, 5) is 32.7. The quantitative estimate of drug-likeness (QED) is 0.403. The van der Waals surface area contributed by atoms with Gasteiger partial charge in [0.2, 0.25) is 4.96 Å². The molecule has 0 spiro atoms. The Balaban J connectivity index is 1.66. The fourth-order valence-corrected chi connectivity index (χ4v) is 5.10. The molecule has 0 atom stereocenters. The molecule has 156 valence electrons. The number of likely N-dealkylation sites (N-methyl/N-ethyl adjacent to an activating group) is 1. The molecule has 0 saturated heterocycles. The number of nitrogens with zero attached hydrogens (tertiary/aromatic N) is 4. The number of halogens is 1. The van der Waals surface area contributed by atoms with E-state index in [0.29, 0.717) is 20.9 Å². The number of thiazole rings is 1. The van der Waals surface area contributed by atoms with Gasteiger partial charge in [-0.1, -0.05) is 72.3 Å². The van der Waals surface area contributed by atoms with Crippen LogP contribution in [0.25, 0.3) is 21.9 Å².